The van der Waals surface area contributed by atoms with Gasteiger partial charge in [0.2, 0.25) is 0 Å². The van der Waals surface area contributed by atoms with Crippen LogP contribution in [0.25, 0.3) is 5.69 Å². The third kappa shape index (κ3) is 4.74. The summed E-state index contributed by atoms with van der Waals surface area (Å²) in [6.45, 7) is 4.03. The highest BCUT2D eigenvalue weighted by Gasteiger charge is 2.11. The molecule has 0 aliphatic heterocycles. The number of carbonyl (C=O) groups excluding carboxylic acids is 1. The normalized spacial score (nSPS) is 10.7. The first-order chi connectivity index (χ1) is 13.2. The molecule has 0 aliphatic carbocycles. The average Bonchev–Trinajstić information content (AvgIpc) is 3.22. The lowest BCUT2D eigenvalue weighted by atomic mass is 10.1. The van der Waals surface area contributed by atoms with E-state index < -0.39 is 0 Å². The Balaban J connectivity index is 1.77. The van der Waals surface area contributed by atoms with E-state index in [4.69, 9.17) is 4.74 Å². The molecule has 0 radical (unpaired) electrons. The number of benzene rings is 2. The van der Waals surface area contributed by atoms with Crippen molar-refractivity contribution >= 4 is 28.1 Å². The average molecular weight is 424 g/mol. The molecule has 1 amide bonds. The van der Waals surface area contributed by atoms with E-state index in [1.54, 1.807) is 18.4 Å². The molecule has 0 saturated heterocycles. The summed E-state index contributed by atoms with van der Waals surface area (Å²) in [6.07, 6.45) is 7.00. The van der Waals surface area contributed by atoms with Crippen LogP contribution in [-0.2, 0) is 0 Å². The van der Waals surface area contributed by atoms with Crippen molar-refractivity contribution in [1.29, 1.82) is 0 Å². The first-order valence-electron chi connectivity index (χ1n) is 8.28. The smallest absolute Gasteiger partial charge is 0.273 e. The Morgan fingerprint density at radius 1 is 1.19 bits per heavy atom. The standard InChI is InChI=1S/C21H18BrN3O2/c1-2-13-27-20-10-9-17(22)14-16(20)15-23-24-21(26)18-7-3-4-8-19(18)25-11-5-6-12-25/h2-12,14-15H,1,13H2,(H,24,26)/b23-15-. The summed E-state index contributed by atoms with van der Waals surface area (Å²) < 4.78 is 8.38. The fraction of sp³-hybridized carbons (Fsp3) is 0.0476. The second kappa shape index (κ2) is 9.00. The van der Waals surface area contributed by atoms with Gasteiger partial charge in [0.15, 0.2) is 0 Å². The van der Waals surface area contributed by atoms with Gasteiger partial charge in [-0.3, -0.25) is 4.79 Å². The number of hydrogen-bond acceptors (Lipinski definition) is 3. The third-order valence-electron chi connectivity index (χ3n) is 3.73. The van der Waals surface area contributed by atoms with Crippen molar-refractivity contribution in [3.8, 4) is 11.4 Å². The van der Waals surface area contributed by atoms with Gasteiger partial charge in [0.05, 0.1) is 17.5 Å². The highest BCUT2D eigenvalue weighted by molar-refractivity contribution is 9.10. The number of hydrogen-bond donors (Lipinski definition) is 1. The molecule has 0 saturated carbocycles. The van der Waals surface area contributed by atoms with E-state index in [0.29, 0.717) is 17.9 Å². The second-order valence-electron chi connectivity index (χ2n) is 5.59. The van der Waals surface area contributed by atoms with Gasteiger partial charge in [0.25, 0.3) is 5.91 Å². The number of para-hydroxylation sites is 1. The van der Waals surface area contributed by atoms with Crippen molar-refractivity contribution in [1.82, 2.24) is 9.99 Å². The Labute approximate surface area is 166 Å². The molecule has 136 valence electrons. The van der Waals surface area contributed by atoms with Crippen LogP contribution in [0.3, 0.4) is 0 Å². The molecule has 0 bridgehead atoms. The van der Waals surface area contributed by atoms with Crippen LogP contribution in [0.2, 0.25) is 0 Å². The fourth-order valence-corrected chi connectivity index (χ4v) is 2.89. The lowest BCUT2D eigenvalue weighted by molar-refractivity contribution is 0.0955. The van der Waals surface area contributed by atoms with Crippen LogP contribution in [0.1, 0.15) is 15.9 Å². The van der Waals surface area contributed by atoms with Gasteiger partial charge < -0.3 is 9.30 Å². The molecular weight excluding hydrogens is 406 g/mol. The minimum absolute atomic E-state index is 0.292. The van der Waals surface area contributed by atoms with Crippen molar-refractivity contribution in [3.05, 3.63) is 95.2 Å². The van der Waals surface area contributed by atoms with Crippen LogP contribution in [0.5, 0.6) is 5.75 Å². The van der Waals surface area contributed by atoms with Gasteiger partial charge in [-0.15, -0.1) is 0 Å². The minimum Gasteiger partial charge on any atom is -0.489 e. The number of halogens is 1. The number of rotatable bonds is 7. The molecule has 0 unspecified atom stereocenters. The summed E-state index contributed by atoms with van der Waals surface area (Å²) in [5, 5.41) is 4.09. The summed E-state index contributed by atoms with van der Waals surface area (Å²) in [4.78, 5) is 12.6. The molecule has 0 fully saturated rings. The predicted octanol–water partition coefficient (Wildman–Crippen LogP) is 4.57. The number of aromatic nitrogens is 1. The number of carbonyl (C=O) groups is 1. The third-order valence-corrected chi connectivity index (χ3v) is 4.22. The zero-order valence-corrected chi connectivity index (χ0v) is 16.1. The first-order valence-corrected chi connectivity index (χ1v) is 9.07. The van der Waals surface area contributed by atoms with Crippen molar-refractivity contribution in [3.63, 3.8) is 0 Å². The summed E-state index contributed by atoms with van der Waals surface area (Å²) in [7, 11) is 0. The van der Waals surface area contributed by atoms with Gasteiger partial charge in [0, 0.05) is 22.4 Å². The summed E-state index contributed by atoms with van der Waals surface area (Å²) in [5.41, 5.74) is 4.64. The molecule has 3 rings (SSSR count). The molecule has 2 aromatic carbocycles. The van der Waals surface area contributed by atoms with Gasteiger partial charge in [-0.05, 0) is 42.5 Å². The predicted molar refractivity (Wildman–Crippen MR) is 111 cm³/mol. The maximum atomic E-state index is 12.6. The fourth-order valence-electron chi connectivity index (χ4n) is 2.51. The number of nitrogens with one attached hydrogen (secondary N) is 1. The summed E-state index contributed by atoms with van der Waals surface area (Å²) >= 11 is 3.43. The van der Waals surface area contributed by atoms with Crippen LogP contribution >= 0.6 is 15.9 Å². The molecule has 0 atom stereocenters. The largest absolute Gasteiger partial charge is 0.489 e. The van der Waals surface area contributed by atoms with Gasteiger partial charge in [0.1, 0.15) is 12.4 Å². The van der Waals surface area contributed by atoms with Crippen LogP contribution in [0.4, 0.5) is 0 Å². The molecule has 27 heavy (non-hydrogen) atoms. The van der Waals surface area contributed by atoms with Crippen LogP contribution in [0, 0.1) is 0 Å². The lowest BCUT2D eigenvalue weighted by Crippen LogP contribution is -2.19. The SMILES string of the molecule is C=CCOc1ccc(Br)cc1/C=N\NC(=O)c1ccccc1-n1cccc1. The topological polar surface area (TPSA) is 55.6 Å². The number of ether oxygens (including phenoxy) is 1. The first kappa shape index (κ1) is 18.7. The van der Waals surface area contributed by atoms with Gasteiger partial charge >= 0.3 is 0 Å². The number of nitrogens with zero attached hydrogens (tertiary/aromatic N) is 2. The number of hydrazone groups is 1. The Morgan fingerprint density at radius 2 is 1.96 bits per heavy atom. The highest BCUT2D eigenvalue weighted by atomic mass is 79.9. The molecular formula is C21H18BrN3O2. The lowest BCUT2D eigenvalue weighted by Gasteiger charge is -2.09. The van der Waals surface area contributed by atoms with Gasteiger partial charge in [-0.25, -0.2) is 5.43 Å². The van der Waals surface area contributed by atoms with Crippen molar-refractivity contribution < 1.29 is 9.53 Å². The Kier molecular flexibility index (Phi) is 6.22. The highest BCUT2D eigenvalue weighted by Crippen LogP contribution is 2.22. The van der Waals surface area contributed by atoms with Crippen molar-refractivity contribution in [2.45, 2.75) is 0 Å². The zero-order chi connectivity index (χ0) is 19.1. The molecule has 0 aliphatic rings. The van der Waals surface area contributed by atoms with Crippen LogP contribution < -0.4 is 10.2 Å². The Bertz CT molecular complexity index is 965. The van der Waals surface area contributed by atoms with Crippen molar-refractivity contribution in [2.75, 3.05) is 6.61 Å². The van der Waals surface area contributed by atoms with E-state index in [0.717, 1.165) is 15.7 Å². The maximum Gasteiger partial charge on any atom is 0.273 e. The van der Waals surface area contributed by atoms with Crippen molar-refractivity contribution in [2.24, 2.45) is 5.10 Å². The quantitative estimate of drug-likeness (QED) is 0.343. The van der Waals surface area contributed by atoms with Gasteiger partial charge in [-0.2, -0.15) is 5.10 Å². The van der Waals surface area contributed by atoms with E-state index >= 15 is 0 Å². The molecule has 6 heteroatoms. The molecule has 1 N–H and O–H groups in total. The van der Waals surface area contributed by atoms with E-state index in [1.165, 1.54) is 0 Å². The number of amides is 1. The minimum atomic E-state index is -0.292. The molecule has 1 aromatic heterocycles. The molecule has 5 nitrogen and oxygen atoms in total. The molecule has 1 heterocycles. The van der Waals surface area contributed by atoms with E-state index in [1.807, 2.05) is 65.5 Å². The monoisotopic (exact) mass is 423 g/mol. The Hall–Kier alpha value is -3.12. The summed E-state index contributed by atoms with van der Waals surface area (Å²) in [6, 6.07) is 16.7. The second-order valence-corrected chi connectivity index (χ2v) is 6.50. The van der Waals surface area contributed by atoms with E-state index in [2.05, 4.69) is 33.0 Å². The van der Waals surface area contributed by atoms with Crippen LogP contribution in [0.15, 0.2) is 89.2 Å². The summed E-state index contributed by atoms with van der Waals surface area (Å²) in [5.74, 6) is 0.364. The van der Waals surface area contributed by atoms with Crippen LogP contribution in [-0.4, -0.2) is 23.3 Å². The zero-order valence-electron chi connectivity index (χ0n) is 14.5. The van der Waals surface area contributed by atoms with E-state index in [9.17, 15) is 4.79 Å². The van der Waals surface area contributed by atoms with E-state index in [-0.39, 0.29) is 5.91 Å². The maximum absolute atomic E-state index is 12.6. The molecule has 3 aromatic rings. The van der Waals surface area contributed by atoms with Gasteiger partial charge in [-0.1, -0.05) is 40.7 Å². The molecule has 0 spiro atoms. The Morgan fingerprint density at radius 3 is 2.74 bits per heavy atom.